The lowest BCUT2D eigenvalue weighted by Gasteiger charge is -2.31. The average molecular weight is 289 g/mol. The van der Waals surface area contributed by atoms with Crippen molar-refractivity contribution in [3.8, 4) is 5.75 Å². The Balaban J connectivity index is 1.83. The number of rotatable bonds is 3. The lowest BCUT2D eigenvalue weighted by atomic mass is 9.93. The molecule has 3 rings (SSSR count). The van der Waals surface area contributed by atoms with E-state index >= 15 is 0 Å². The van der Waals surface area contributed by atoms with E-state index in [9.17, 15) is 9.90 Å². The van der Waals surface area contributed by atoms with E-state index in [2.05, 4.69) is 0 Å². The van der Waals surface area contributed by atoms with Crippen LogP contribution < -0.4 is 4.74 Å². The molecule has 3 atom stereocenters. The summed E-state index contributed by atoms with van der Waals surface area (Å²) in [6, 6.07) is 7.56. The lowest BCUT2D eigenvalue weighted by molar-refractivity contribution is 0.0525. The minimum absolute atomic E-state index is 0.0362. The number of hydrogen-bond acceptors (Lipinski definition) is 3. The van der Waals surface area contributed by atoms with Crippen LogP contribution >= 0.6 is 0 Å². The van der Waals surface area contributed by atoms with Crippen molar-refractivity contribution in [2.45, 2.75) is 44.2 Å². The Kier molecular flexibility index (Phi) is 4.15. The van der Waals surface area contributed by atoms with Gasteiger partial charge in [0.05, 0.1) is 18.8 Å². The summed E-state index contributed by atoms with van der Waals surface area (Å²) >= 11 is 0. The Morgan fingerprint density at radius 3 is 2.76 bits per heavy atom. The summed E-state index contributed by atoms with van der Waals surface area (Å²) in [5.41, 5.74) is 0.624. The Morgan fingerprint density at radius 1 is 1.24 bits per heavy atom. The molecule has 114 valence electrons. The van der Waals surface area contributed by atoms with Gasteiger partial charge in [-0.05, 0) is 37.8 Å². The molecule has 1 heterocycles. The third-order valence-corrected chi connectivity index (χ3v) is 4.92. The molecule has 1 amide bonds. The first-order valence-electron chi connectivity index (χ1n) is 7.84. The highest BCUT2D eigenvalue weighted by atomic mass is 16.5. The largest absolute Gasteiger partial charge is 0.496 e. The number of likely N-dealkylation sites (tertiary alicyclic amines) is 1. The molecule has 0 spiro atoms. The van der Waals surface area contributed by atoms with Crippen LogP contribution in [0.15, 0.2) is 24.3 Å². The highest BCUT2D eigenvalue weighted by molar-refractivity contribution is 5.97. The maximum Gasteiger partial charge on any atom is 0.257 e. The average Bonchev–Trinajstić information content (AvgIpc) is 3.14. The van der Waals surface area contributed by atoms with E-state index in [4.69, 9.17) is 4.74 Å². The zero-order chi connectivity index (χ0) is 14.8. The van der Waals surface area contributed by atoms with Gasteiger partial charge in [0, 0.05) is 18.5 Å². The lowest BCUT2D eigenvalue weighted by Crippen LogP contribution is -2.42. The number of nitrogens with zero attached hydrogens (tertiary/aromatic N) is 1. The Morgan fingerprint density at radius 2 is 2.05 bits per heavy atom. The Bertz CT molecular complexity index is 517. The van der Waals surface area contributed by atoms with Gasteiger partial charge in [0.15, 0.2) is 0 Å². The van der Waals surface area contributed by atoms with E-state index in [1.807, 2.05) is 29.2 Å². The summed E-state index contributed by atoms with van der Waals surface area (Å²) in [4.78, 5) is 14.8. The predicted octanol–water partition coefficient (Wildman–Crippen LogP) is 2.46. The monoisotopic (exact) mass is 289 g/mol. The molecule has 21 heavy (non-hydrogen) atoms. The maximum atomic E-state index is 12.9. The van der Waals surface area contributed by atoms with Gasteiger partial charge >= 0.3 is 0 Å². The molecule has 3 unspecified atom stereocenters. The number of amides is 1. The van der Waals surface area contributed by atoms with Crippen LogP contribution in [0.25, 0.3) is 0 Å². The second kappa shape index (κ2) is 6.06. The number of ether oxygens (including phenoxy) is 1. The number of hydrogen-bond donors (Lipinski definition) is 1. The molecular formula is C17H23NO3. The Hall–Kier alpha value is -1.55. The number of benzene rings is 1. The molecule has 4 heteroatoms. The summed E-state index contributed by atoms with van der Waals surface area (Å²) in [6.07, 6.45) is 4.75. The smallest absolute Gasteiger partial charge is 0.257 e. The first-order valence-corrected chi connectivity index (χ1v) is 7.84. The fourth-order valence-electron chi connectivity index (χ4n) is 3.88. The molecule has 2 aliphatic rings. The number of methoxy groups -OCH3 is 1. The second-order valence-electron chi connectivity index (χ2n) is 6.07. The summed E-state index contributed by atoms with van der Waals surface area (Å²) < 4.78 is 5.31. The normalized spacial score (nSPS) is 28.9. The number of carbonyl (C=O) groups excluding carboxylic acids is 1. The molecule has 1 aromatic carbocycles. The zero-order valence-electron chi connectivity index (χ0n) is 12.5. The first kappa shape index (κ1) is 14.4. The van der Waals surface area contributed by atoms with Crippen LogP contribution in [-0.4, -0.2) is 41.7 Å². The Labute approximate surface area is 125 Å². The molecule has 1 saturated carbocycles. The van der Waals surface area contributed by atoms with Crippen molar-refractivity contribution in [1.29, 1.82) is 0 Å². The van der Waals surface area contributed by atoms with Crippen LogP contribution in [-0.2, 0) is 0 Å². The molecule has 0 bridgehead atoms. The zero-order valence-corrected chi connectivity index (χ0v) is 12.5. The van der Waals surface area contributed by atoms with Crippen LogP contribution in [0.2, 0.25) is 0 Å². The molecule has 2 fully saturated rings. The SMILES string of the molecule is COc1ccccc1C(=O)N1CCCC1C1CCCC1O. The number of para-hydroxylation sites is 1. The number of aliphatic hydroxyl groups excluding tert-OH is 1. The first-order chi connectivity index (χ1) is 10.2. The molecule has 1 aliphatic heterocycles. The highest BCUT2D eigenvalue weighted by Crippen LogP contribution is 2.37. The van der Waals surface area contributed by atoms with Gasteiger partial charge in [0.25, 0.3) is 5.91 Å². The summed E-state index contributed by atoms with van der Waals surface area (Å²) in [7, 11) is 1.59. The highest BCUT2D eigenvalue weighted by Gasteiger charge is 2.40. The fourth-order valence-corrected chi connectivity index (χ4v) is 3.88. The number of aliphatic hydroxyl groups is 1. The van der Waals surface area contributed by atoms with Crippen molar-refractivity contribution in [1.82, 2.24) is 4.90 Å². The molecule has 0 aromatic heterocycles. The fraction of sp³-hybridized carbons (Fsp3) is 0.588. The van der Waals surface area contributed by atoms with Gasteiger partial charge in [-0.25, -0.2) is 0 Å². The summed E-state index contributed by atoms with van der Waals surface area (Å²) in [5, 5.41) is 10.2. The predicted molar refractivity (Wildman–Crippen MR) is 80.4 cm³/mol. The van der Waals surface area contributed by atoms with Crippen molar-refractivity contribution in [3.05, 3.63) is 29.8 Å². The van der Waals surface area contributed by atoms with Crippen LogP contribution in [0.3, 0.4) is 0 Å². The minimum atomic E-state index is -0.249. The van der Waals surface area contributed by atoms with E-state index < -0.39 is 0 Å². The third kappa shape index (κ3) is 2.64. The van der Waals surface area contributed by atoms with Gasteiger partial charge in [-0.3, -0.25) is 4.79 Å². The van der Waals surface area contributed by atoms with E-state index in [1.54, 1.807) is 7.11 Å². The van der Waals surface area contributed by atoms with Crippen LogP contribution in [0, 0.1) is 5.92 Å². The van der Waals surface area contributed by atoms with Gasteiger partial charge in [0.1, 0.15) is 5.75 Å². The molecule has 1 saturated heterocycles. The maximum absolute atomic E-state index is 12.9. The van der Waals surface area contributed by atoms with Crippen molar-refractivity contribution in [2.75, 3.05) is 13.7 Å². The van der Waals surface area contributed by atoms with E-state index in [-0.39, 0.29) is 24.0 Å². The van der Waals surface area contributed by atoms with E-state index in [0.717, 1.165) is 38.6 Å². The van der Waals surface area contributed by atoms with Crippen LogP contribution in [0.1, 0.15) is 42.5 Å². The van der Waals surface area contributed by atoms with E-state index in [1.165, 1.54) is 0 Å². The minimum Gasteiger partial charge on any atom is -0.496 e. The number of carbonyl (C=O) groups is 1. The third-order valence-electron chi connectivity index (χ3n) is 4.92. The van der Waals surface area contributed by atoms with Gasteiger partial charge in [-0.15, -0.1) is 0 Å². The van der Waals surface area contributed by atoms with Gasteiger partial charge in [-0.2, -0.15) is 0 Å². The van der Waals surface area contributed by atoms with Crippen molar-refractivity contribution in [3.63, 3.8) is 0 Å². The molecular weight excluding hydrogens is 266 g/mol. The molecule has 1 aliphatic carbocycles. The topological polar surface area (TPSA) is 49.8 Å². The van der Waals surface area contributed by atoms with Crippen molar-refractivity contribution in [2.24, 2.45) is 5.92 Å². The second-order valence-corrected chi connectivity index (χ2v) is 6.07. The van der Waals surface area contributed by atoms with Gasteiger partial charge in [-0.1, -0.05) is 18.6 Å². The quantitative estimate of drug-likeness (QED) is 0.930. The van der Waals surface area contributed by atoms with Crippen LogP contribution in [0.4, 0.5) is 0 Å². The molecule has 1 N–H and O–H groups in total. The molecule has 0 radical (unpaired) electrons. The van der Waals surface area contributed by atoms with Crippen molar-refractivity contribution < 1.29 is 14.6 Å². The molecule has 4 nitrogen and oxygen atoms in total. The van der Waals surface area contributed by atoms with Gasteiger partial charge in [0.2, 0.25) is 0 Å². The summed E-state index contributed by atoms with van der Waals surface area (Å²) in [5.74, 6) is 0.903. The summed E-state index contributed by atoms with van der Waals surface area (Å²) in [6.45, 7) is 0.783. The van der Waals surface area contributed by atoms with Gasteiger partial charge < -0.3 is 14.7 Å². The molecule has 1 aromatic rings. The van der Waals surface area contributed by atoms with Crippen LogP contribution in [0.5, 0.6) is 5.75 Å². The standard InChI is InChI=1S/C17H23NO3/c1-21-16-10-3-2-6-13(16)17(20)18-11-5-8-14(18)12-7-4-9-15(12)19/h2-3,6,10,12,14-15,19H,4-5,7-9,11H2,1H3. The van der Waals surface area contributed by atoms with E-state index in [0.29, 0.717) is 11.3 Å². The van der Waals surface area contributed by atoms with Crippen molar-refractivity contribution >= 4 is 5.91 Å².